The van der Waals surface area contributed by atoms with E-state index in [1.165, 1.54) is 7.11 Å². The molecule has 4 atom stereocenters. The van der Waals surface area contributed by atoms with Gasteiger partial charge in [0.2, 0.25) is 0 Å². The van der Waals surface area contributed by atoms with E-state index in [-0.39, 0.29) is 23.7 Å². The van der Waals surface area contributed by atoms with Gasteiger partial charge >= 0.3 is 11.9 Å². The second kappa shape index (κ2) is 8.39. The lowest BCUT2D eigenvalue weighted by molar-refractivity contribution is -0.146. The molecule has 6 nitrogen and oxygen atoms in total. The van der Waals surface area contributed by atoms with E-state index in [1.807, 2.05) is 26.0 Å². The molecule has 1 saturated heterocycles. The number of benzene rings is 1. The molecule has 0 bridgehead atoms. The van der Waals surface area contributed by atoms with Crippen LogP contribution in [0.25, 0.3) is 0 Å². The Hall–Kier alpha value is -2.63. The third-order valence-corrected chi connectivity index (χ3v) is 6.39. The van der Waals surface area contributed by atoms with Crippen molar-refractivity contribution in [1.29, 1.82) is 0 Å². The Morgan fingerprint density at radius 2 is 2.03 bits per heavy atom. The number of ether oxygens (including phenoxy) is 2. The first kappa shape index (κ1) is 21.1. The molecule has 4 unspecified atom stereocenters. The third kappa shape index (κ3) is 4.07. The van der Waals surface area contributed by atoms with Crippen LogP contribution < -0.4 is 5.32 Å². The number of hydrogen-bond acceptors (Lipinski definition) is 5. The van der Waals surface area contributed by atoms with Crippen molar-refractivity contribution in [2.24, 2.45) is 17.3 Å². The van der Waals surface area contributed by atoms with Gasteiger partial charge in [-0.25, -0.2) is 4.79 Å². The number of carbonyl (C=O) groups is 3. The third-order valence-electron chi connectivity index (χ3n) is 6.39. The van der Waals surface area contributed by atoms with Gasteiger partial charge in [-0.2, -0.15) is 0 Å². The summed E-state index contributed by atoms with van der Waals surface area (Å²) in [5, 5.41) is 2.78. The van der Waals surface area contributed by atoms with Gasteiger partial charge in [0, 0.05) is 11.5 Å². The zero-order valence-corrected chi connectivity index (χ0v) is 17.3. The van der Waals surface area contributed by atoms with Gasteiger partial charge in [-0.15, -0.1) is 0 Å². The van der Waals surface area contributed by atoms with Crippen molar-refractivity contribution < 1.29 is 23.9 Å². The lowest BCUT2D eigenvalue weighted by Gasteiger charge is -2.24. The first-order valence-corrected chi connectivity index (χ1v) is 10.1. The molecule has 0 spiro atoms. The molecule has 1 aromatic rings. The molecule has 2 fully saturated rings. The van der Waals surface area contributed by atoms with E-state index in [2.05, 4.69) is 11.9 Å². The molecule has 1 aromatic carbocycles. The van der Waals surface area contributed by atoms with Crippen LogP contribution in [-0.2, 0) is 25.5 Å². The van der Waals surface area contributed by atoms with Gasteiger partial charge in [0.15, 0.2) is 0 Å². The Labute approximate surface area is 171 Å². The number of carbonyl (C=O) groups excluding carboxylic acids is 3. The van der Waals surface area contributed by atoms with E-state index in [4.69, 9.17) is 9.47 Å². The van der Waals surface area contributed by atoms with Crippen molar-refractivity contribution in [2.45, 2.75) is 45.6 Å². The van der Waals surface area contributed by atoms with Crippen LogP contribution in [0.15, 0.2) is 36.4 Å². The van der Waals surface area contributed by atoms with E-state index < -0.39 is 17.4 Å². The summed E-state index contributed by atoms with van der Waals surface area (Å²) in [6, 6.07) is 6.50. The number of rotatable bonds is 7. The van der Waals surface area contributed by atoms with Gasteiger partial charge < -0.3 is 14.8 Å². The second-order valence-corrected chi connectivity index (χ2v) is 8.32. The zero-order chi connectivity index (χ0) is 21.2. The summed E-state index contributed by atoms with van der Waals surface area (Å²) in [5.74, 6) is -0.765. The SMILES string of the molecule is C=C1CC2COC(=O)C2(Cc2ccc(C(=O)NC(C(=O)OC)C(C)CC)cc2)C1. The quantitative estimate of drug-likeness (QED) is 0.563. The van der Waals surface area contributed by atoms with Crippen LogP contribution in [0.2, 0.25) is 0 Å². The maximum Gasteiger partial charge on any atom is 0.328 e. The molecular formula is C23H29NO5. The Kier molecular flexibility index (Phi) is 6.10. The van der Waals surface area contributed by atoms with Crippen LogP contribution in [0.3, 0.4) is 0 Å². The molecule has 29 heavy (non-hydrogen) atoms. The number of allylic oxidation sites excluding steroid dienone is 1. The smallest absolute Gasteiger partial charge is 0.328 e. The lowest BCUT2D eigenvalue weighted by Crippen LogP contribution is -2.45. The summed E-state index contributed by atoms with van der Waals surface area (Å²) in [6.45, 7) is 8.39. The zero-order valence-electron chi connectivity index (χ0n) is 17.3. The number of amides is 1. The molecule has 1 aliphatic heterocycles. The van der Waals surface area contributed by atoms with Crippen LogP contribution in [-0.4, -0.2) is 37.6 Å². The van der Waals surface area contributed by atoms with Crippen molar-refractivity contribution in [1.82, 2.24) is 5.32 Å². The highest BCUT2D eigenvalue weighted by Gasteiger charge is 2.55. The highest BCUT2D eigenvalue weighted by atomic mass is 16.5. The van der Waals surface area contributed by atoms with E-state index in [0.29, 0.717) is 25.0 Å². The number of cyclic esters (lactones) is 1. The fourth-order valence-corrected chi connectivity index (χ4v) is 4.42. The van der Waals surface area contributed by atoms with Crippen molar-refractivity contribution in [3.63, 3.8) is 0 Å². The Morgan fingerprint density at radius 3 is 2.66 bits per heavy atom. The number of methoxy groups -OCH3 is 1. The maximum absolute atomic E-state index is 12.6. The molecule has 1 aliphatic carbocycles. The molecule has 156 valence electrons. The number of esters is 2. The normalized spacial score (nSPS) is 25.1. The fraction of sp³-hybridized carbons (Fsp3) is 0.522. The molecule has 6 heteroatoms. The molecule has 0 aromatic heterocycles. The number of nitrogens with one attached hydrogen (secondary N) is 1. The molecule has 0 radical (unpaired) electrons. The second-order valence-electron chi connectivity index (χ2n) is 8.32. The maximum atomic E-state index is 12.6. The highest BCUT2D eigenvalue weighted by Crippen LogP contribution is 2.52. The van der Waals surface area contributed by atoms with Gasteiger partial charge in [-0.3, -0.25) is 9.59 Å². The van der Waals surface area contributed by atoms with Crippen LogP contribution >= 0.6 is 0 Å². The summed E-state index contributed by atoms with van der Waals surface area (Å²) in [5.41, 5.74) is 2.02. The Morgan fingerprint density at radius 1 is 1.34 bits per heavy atom. The Bertz CT molecular complexity index is 815. The number of hydrogen-bond donors (Lipinski definition) is 1. The van der Waals surface area contributed by atoms with Crippen LogP contribution in [0.4, 0.5) is 0 Å². The van der Waals surface area contributed by atoms with Crippen LogP contribution in [0.5, 0.6) is 0 Å². The molecule has 1 amide bonds. The van der Waals surface area contributed by atoms with Gasteiger partial charge in [0.1, 0.15) is 6.04 Å². The average Bonchev–Trinajstić information content (AvgIpc) is 3.19. The molecule has 1 saturated carbocycles. The standard InChI is InChI=1S/C23H29NO5/c1-5-15(3)19(21(26)28-4)24-20(25)17-8-6-16(7-9-17)12-23-11-14(2)10-18(23)13-29-22(23)27/h6-9,15,18-19H,2,5,10-13H2,1,3-4H3,(H,24,25). The molecule has 1 heterocycles. The summed E-state index contributed by atoms with van der Waals surface area (Å²) in [6.07, 6.45) is 2.81. The van der Waals surface area contributed by atoms with Crippen molar-refractivity contribution in [3.8, 4) is 0 Å². The molecule has 3 rings (SSSR count). The van der Waals surface area contributed by atoms with Crippen molar-refractivity contribution >= 4 is 17.8 Å². The van der Waals surface area contributed by atoms with Gasteiger partial charge in [-0.1, -0.05) is 44.6 Å². The van der Waals surface area contributed by atoms with Crippen molar-refractivity contribution in [2.75, 3.05) is 13.7 Å². The summed E-state index contributed by atoms with van der Waals surface area (Å²) in [4.78, 5) is 37.1. The Balaban J connectivity index is 1.71. The van der Waals surface area contributed by atoms with Crippen molar-refractivity contribution in [3.05, 3.63) is 47.5 Å². The van der Waals surface area contributed by atoms with Gasteiger partial charge in [-0.05, 0) is 42.9 Å². The van der Waals surface area contributed by atoms with E-state index in [9.17, 15) is 14.4 Å². The molecule has 1 N–H and O–H groups in total. The minimum Gasteiger partial charge on any atom is -0.467 e. The van der Waals surface area contributed by atoms with Gasteiger partial charge in [0.25, 0.3) is 5.91 Å². The summed E-state index contributed by atoms with van der Waals surface area (Å²) in [7, 11) is 1.32. The predicted molar refractivity (Wildman–Crippen MR) is 108 cm³/mol. The molecular weight excluding hydrogens is 370 g/mol. The summed E-state index contributed by atoms with van der Waals surface area (Å²) < 4.78 is 10.1. The highest BCUT2D eigenvalue weighted by molar-refractivity contribution is 5.96. The predicted octanol–water partition coefficient (Wildman–Crippen LogP) is 3.06. The van der Waals surface area contributed by atoms with E-state index in [0.717, 1.165) is 24.0 Å². The lowest BCUT2D eigenvalue weighted by atomic mass is 9.75. The first-order valence-electron chi connectivity index (χ1n) is 10.1. The minimum atomic E-state index is -0.686. The summed E-state index contributed by atoms with van der Waals surface area (Å²) >= 11 is 0. The van der Waals surface area contributed by atoms with E-state index >= 15 is 0 Å². The van der Waals surface area contributed by atoms with Gasteiger partial charge in [0.05, 0.1) is 19.1 Å². The molecule has 2 aliphatic rings. The monoisotopic (exact) mass is 399 g/mol. The minimum absolute atomic E-state index is 0.0365. The number of fused-ring (bicyclic) bond motifs is 1. The fourth-order valence-electron chi connectivity index (χ4n) is 4.42. The van der Waals surface area contributed by atoms with Crippen LogP contribution in [0.1, 0.15) is 49.0 Å². The van der Waals surface area contributed by atoms with Crippen LogP contribution in [0, 0.1) is 17.3 Å². The average molecular weight is 399 g/mol. The largest absolute Gasteiger partial charge is 0.467 e. The first-order chi connectivity index (χ1) is 13.8. The van der Waals surface area contributed by atoms with E-state index in [1.54, 1.807) is 12.1 Å². The topological polar surface area (TPSA) is 81.7 Å².